The summed E-state index contributed by atoms with van der Waals surface area (Å²) in [6, 6.07) is -0.650. The normalized spacial score (nSPS) is 22.1. The SMILES string of the molecule is C=C(C(=O)CC)[C@@H](NC(=O)OCC)[C@H]1COC(C)(C)O1. The van der Waals surface area contributed by atoms with Crippen molar-refractivity contribution in [2.75, 3.05) is 13.2 Å². The molecule has 0 saturated carbocycles. The monoisotopic (exact) mass is 285 g/mol. The van der Waals surface area contributed by atoms with Crippen LogP contribution in [0.1, 0.15) is 34.1 Å². The smallest absolute Gasteiger partial charge is 0.407 e. The molecule has 1 aliphatic heterocycles. The fourth-order valence-corrected chi connectivity index (χ4v) is 1.98. The van der Waals surface area contributed by atoms with Crippen LogP contribution in [0.2, 0.25) is 0 Å². The van der Waals surface area contributed by atoms with Gasteiger partial charge < -0.3 is 19.5 Å². The molecule has 1 saturated heterocycles. The minimum Gasteiger partial charge on any atom is -0.450 e. The highest BCUT2D eigenvalue weighted by molar-refractivity contribution is 5.96. The third kappa shape index (κ3) is 4.31. The molecule has 0 spiro atoms. The Hall–Kier alpha value is -1.40. The number of carbonyl (C=O) groups excluding carboxylic acids is 2. The van der Waals surface area contributed by atoms with E-state index < -0.39 is 24.0 Å². The zero-order valence-corrected chi connectivity index (χ0v) is 12.5. The zero-order chi connectivity index (χ0) is 15.3. The summed E-state index contributed by atoms with van der Waals surface area (Å²) in [7, 11) is 0. The average molecular weight is 285 g/mol. The molecule has 0 unspecified atom stereocenters. The lowest BCUT2D eigenvalue weighted by Gasteiger charge is -2.25. The molecule has 0 aromatic heterocycles. The van der Waals surface area contributed by atoms with Gasteiger partial charge in [-0.15, -0.1) is 0 Å². The Bertz CT molecular complexity index is 391. The maximum atomic E-state index is 11.8. The van der Waals surface area contributed by atoms with Crippen molar-refractivity contribution < 1.29 is 23.8 Å². The molecule has 1 fully saturated rings. The van der Waals surface area contributed by atoms with Gasteiger partial charge in [0.25, 0.3) is 0 Å². The van der Waals surface area contributed by atoms with Crippen LogP contribution in [0.5, 0.6) is 0 Å². The van der Waals surface area contributed by atoms with Gasteiger partial charge in [-0.1, -0.05) is 13.5 Å². The highest BCUT2D eigenvalue weighted by Gasteiger charge is 2.40. The lowest BCUT2D eigenvalue weighted by atomic mass is 9.98. The fourth-order valence-electron chi connectivity index (χ4n) is 1.98. The van der Waals surface area contributed by atoms with Crippen LogP contribution >= 0.6 is 0 Å². The van der Waals surface area contributed by atoms with Gasteiger partial charge in [-0.05, 0) is 20.8 Å². The van der Waals surface area contributed by atoms with Crippen LogP contribution < -0.4 is 5.32 Å². The first-order valence-corrected chi connectivity index (χ1v) is 6.77. The van der Waals surface area contributed by atoms with E-state index in [1.807, 2.05) is 0 Å². The Labute approximate surface area is 119 Å². The van der Waals surface area contributed by atoms with Crippen LogP contribution in [0.15, 0.2) is 12.2 Å². The first-order valence-electron chi connectivity index (χ1n) is 6.77. The summed E-state index contributed by atoms with van der Waals surface area (Å²) < 4.78 is 16.0. The van der Waals surface area contributed by atoms with E-state index in [9.17, 15) is 9.59 Å². The van der Waals surface area contributed by atoms with Crippen molar-refractivity contribution in [1.82, 2.24) is 5.32 Å². The molecule has 0 bridgehead atoms. The minimum absolute atomic E-state index is 0.125. The fraction of sp³-hybridized carbons (Fsp3) is 0.714. The van der Waals surface area contributed by atoms with Gasteiger partial charge in [0.05, 0.1) is 19.3 Å². The zero-order valence-electron chi connectivity index (χ0n) is 12.5. The van der Waals surface area contributed by atoms with Crippen molar-refractivity contribution >= 4 is 11.9 Å². The van der Waals surface area contributed by atoms with Crippen LogP contribution in [0.3, 0.4) is 0 Å². The Balaban J connectivity index is 2.82. The Kier molecular flexibility index (Phi) is 5.71. The molecule has 1 N–H and O–H groups in total. The summed E-state index contributed by atoms with van der Waals surface area (Å²) in [6.07, 6.45) is -0.746. The molecular formula is C14H23NO5. The van der Waals surface area contributed by atoms with E-state index in [0.717, 1.165) is 0 Å². The first-order chi connectivity index (χ1) is 9.30. The summed E-state index contributed by atoms with van der Waals surface area (Å²) in [6.45, 7) is 11.3. The predicted octanol–water partition coefficient (Wildman–Crippen LogP) is 1.79. The van der Waals surface area contributed by atoms with Gasteiger partial charge in [0.1, 0.15) is 6.10 Å². The van der Waals surface area contributed by atoms with Crippen molar-refractivity contribution in [3.8, 4) is 0 Å². The van der Waals surface area contributed by atoms with E-state index in [1.165, 1.54) is 0 Å². The number of nitrogens with one attached hydrogen (secondary N) is 1. The number of rotatable bonds is 6. The second-order valence-corrected chi connectivity index (χ2v) is 5.01. The topological polar surface area (TPSA) is 73.9 Å². The summed E-state index contributed by atoms with van der Waals surface area (Å²) in [5, 5.41) is 2.63. The lowest BCUT2D eigenvalue weighted by Crippen LogP contribution is -2.47. The third-order valence-corrected chi connectivity index (χ3v) is 3.01. The number of hydrogen-bond acceptors (Lipinski definition) is 5. The Morgan fingerprint density at radius 3 is 2.55 bits per heavy atom. The number of hydrogen-bond donors (Lipinski definition) is 1. The maximum Gasteiger partial charge on any atom is 0.407 e. The summed E-state index contributed by atoms with van der Waals surface area (Å²) in [5.74, 6) is -0.866. The Morgan fingerprint density at radius 1 is 1.45 bits per heavy atom. The van der Waals surface area contributed by atoms with Crippen molar-refractivity contribution in [2.24, 2.45) is 0 Å². The van der Waals surface area contributed by atoms with E-state index in [4.69, 9.17) is 14.2 Å². The van der Waals surface area contributed by atoms with Gasteiger partial charge in [-0.2, -0.15) is 0 Å². The van der Waals surface area contributed by atoms with Crippen LogP contribution in [0.4, 0.5) is 4.79 Å². The lowest BCUT2D eigenvalue weighted by molar-refractivity contribution is -0.141. The maximum absolute atomic E-state index is 11.8. The van der Waals surface area contributed by atoms with Gasteiger partial charge in [0.15, 0.2) is 11.6 Å². The molecule has 6 heteroatoms. The number of Topliss-reactive ketones (excluding diaryl/α,β-unsaturated/α-hetero) is 1. The van der Waals surface area contributed by atoms with Crippen molar-refractivity contribution in [3.63, 3.8) is 0 Å². The molecule has 6 nitrogen and oxygen atoms in total. The summed E-state index contributed by atoms with van der Waals surface area (Å²) >= 11 is 0. The predicted molar refractivity (Wildman–Crippen MR) is 73.3 cm³/mol. The quantitative estimate of drug-likeness (QED) is 0.753. The molecule has 20 heavy (non-hydrogen) atoms. The van der Waals surface area contributed by atoms with E-state index in [-0.39, 0.29) is 19.0 Å². The molecule has 1 heterocycles. The minimum atomic E-state index is -0.741. The van der Waals surface area contributed by atoms with E-state index >= 15 is 0 Å². The highest BCUT2D eigenvalue weighted by atomic mass is 16.7. The van der Waals surface area contributed by atoms with Crippen LogP contribution in [-0.4, -0.2) is 43.0 Å². The van der Waals surface area contributed by atoms with Crippen molar-refractivity contribution in [1.29, 1.82) is 0 Å². The third-order valence-electron chi connectivity index (χ3n) is 3.01. The molecule has 1 rings (SSSR count). The van der Waals surface area contributed by atoms with Gasteiger partial charge in [0.2, 0.25) is 0 Å². The van der Waals surface area contributed by atoms with Gasteiger partial charge >= 0.3 is 6.09 Å². The number of ether oxygens (including phenoxy) is 3. The molecule has 1 aliphatic rings. The second-order valence-electron chi connectivity index (χ2n) is 5.01. The highest BCUT2D eigenvalue weighted by Crippen LogP contribution is 2.26. The summed E-state index contributed by atoms with van der Waals surface area (Å²) in [4.78, 5) is 23.4. The number of ketones is 1. The number of alkyl carbamates (subject to hydrolysis) is 1. The van der Waals surface area contributed by atoms with Crippen LogP contribution in [0.25, 0.3) is 0 Å². The van der Waals surface area contributed by atoms with Gasteiger partial charge in [0, 0.05) is 12.0 Å². The number of carbonyl (C=O) groups is 2. The molecule has 0 aliphatic carbocycles. The Morgan fingerprint density at radius 2 is 2.10 bits per heavy atom. The first kappa shape index (κ1) is 16.7. The standard InChI is InChI=1S/C14H23NO5/c1-6-10(16)9(3)12(15-13(17)18-7-2)11-8-19-14(4,5)20-11/h11-12H,3,6-8H2,1-2,4-5H3,(H,15,17)/t11-,12-/m1/s1. The molecule has 0 radical (unpaired) electrons. The van der Waals surface area contributed by atoms with Crippen LogP contribution in [0, 0.1) is 0 Å². The second kappa shape index (κ2) is 6.85. The van der Waals surface area contributed by atoms with Crippen molar-refractivity contribution in [2.45, 2.75) is 52.0 Å². The average Bonchev–Trinajstić information content (AvgIpc) is 2.74. The summed E-state index contributed by atoms with van der Waals surface area (Å²) in [5.41, 5.74) is 0.298. The van der Waals surface area contributed by atoms with E-state index in [2.05, 4.69) is 11.9 Å². The molecular weight excluding hydrogens is 262 g/mol. The molecule has 114 valence electrons. The molecule has 2 atom stereocenters. The largest absolute Gasteiger partial charge is 0.450 e. The molecule has 1 amide bonds. The number of amides is 1. The van der Waals surface area contributed by atoms with Crippen molar-refractivity contribution in [3.05, 3.63) is 12.2 Å². The van der Waals surface area contributed by atoms with E-state index in [0.29, 0.717) is 12.0 Å². The van der Waals surface area contributed by atoms with Gasteiger partial charge in [-0.25, -0.2) is 4.79 Å². The molecule has 0 aromatic carbocycles. The molecule has 0 aromatic rings. The van der Waals surface area contributed by atoms with E-state index in [1.54, 1.807) is 27.7 Å². The van der Waals surface area contributed by atoms with Crippen LogP contribution in [-0.2, 0) is 19.0 Å². The van der Waals surface area contributed by atoms with Gasteiger partial charge in [-0.3, -0.25) is 4.79 Å².